The van der Waals surface area contributed by atoms with Crippen LogP contribution in [0.2, 0.25) is 0 Å². The second-order valence-corrected chi connectivity index (χ2v) is 18.3. The number of carboxylic acids is 1. The van der Waals surface area contributed by atoms with E-state index in [0.29, 0.717) is 57.8 Å². The predicted molar refractivity (Wildman–Crippen MR) is 207 cm³/mol. The van der Waals surface area contributed by atoms with Crippen LogP contribution in [0.1, 0.15) is 133 Å². The molecule has 5 aliphatic heterocycles. The fourth-order valence-electron chi connectivity index (χ4n) is 10.7. The monoisotopic (exact) mass is 793 g/mol. The van der Waals surface area contributed by atoms with Crippen molar-refractivity contribution in [1.29, 1.82) is 0 Å². The number of rotatable bonds is 13. The lowest BCUT2D eigenvalue weighted by Gasteiger charge is -2.54. The Morgan fingerprint density at radius 3 is 2.18 bits per heavy atom. The molecule has 13 nitrogen and oxygen atoms in total. The Labute approximate surface area is 333 Å². The summed E-state index contributed by atoms with van der Waals surface area (Å²) < 4.78 is 39.4. The van der Waals surface area contributed by atoms with Gasteiger partial charge in [-0.15, -0.1) is 0 Å². The van der Waals surface area contributed by atoms with Gasteiger partial charge in [0.1, 0.15) is 5.78 Å². The van der Waals surface area contributed by atoms with E-state index in [4.69, 9.17) is 34.2 Å². The minimum atomic E-state index is -1.46. The van der Waals surface area contributed by atoms with Crippen LogP contribution in [0.5, 0.6) is 0 Å². The van der Waals surface area contributed by atoms with Crippen LogP contribution in [0.3, 0.4) is 0 Å². The number of primary amides is 1. The largest absolute Gasteiger partial charge is 0.481 e. The van der Waals surface area contributed by atoms with E-state index < -0.39 is 95.1 Å². The summed E-state index contributed by atoms with van der Waals surface area (Å²) in [6, 6.07) is 0. The Hall–Kier alpha value is -2.13. The smallest absolute Gasteiger partial charge is 0.405 e. The van der Waals surface area contributed by atoms with E-state index in [1.165, 1.54) is 0 Å². The average Bonchev–Trinajstić information content (AvgIpc) is 3.49. The second kappa shape index (κ2) is 17.2. The van der Waals surface area contributed by atoms with Gasteiger partial charge in [-0.3, -0.25) is 9.59 Å². The molecule has 5 heterocycles. The summed E-state index contributed by atoms with van der Waals surface area (Å²) in [5.41, 5.74) is 3.81. The summed E-state index contributed by atoms with van der Waals surface area (Å²) in [6.45, 7) is 19.4. The van der Waals surface area contributed by atoms with Gasteiger partial charge in [0, 0.05) is 30.1 Å². The lowest BCUT2D eigenvalue weighted by Crippen LogP contribution is -2.63. The van der Waals surface area contributed by atoms with Crippen molar-refractivity contribution >= 4 is 17.8 Å². The number of ketones is 1. The molecule has 0 aromatic rings. The first-order valence-corrected chi connectivity index (χ1v) is 21.4. The lowest BCUT2D eigenvalue weighted by molar-refractivity contribution is -0.408. The average molecular weight is 794 g/mol. The number of nitrogens with two attached hydrogens (primary N) is 1. The van der Waals surface area contributed by atoms with E-state index in [1.54, 1.807) is 19.1 Å². The van der Waals surface area contributed by atoms with Gasteiger partial charge < -0.3 is 49.5 Å². The number of aliphatic hydroxyl groups excluding tert-OH is 1. The van der Waals surface area contributed by atoms with Crippen LogP contribution in [0.15, 0.2) is 12.2 Å². The van der Waals surface area contributed by atoms with Gasteiger partial charge in [-0.25, -0.2) is 4.79 Å². The van der Waals surface area contributed by atoms with Gasteiger partial charge in [0.2, 0.25) is 5.79 Å². The van der Waals surface area contributed by atoms with Gasteiger partial charge in [-0.1, -0.05) is 55.4 Å². The highest BCUT2D eigenvalue weighted by Crippen LogP contribution is 2.54. The summed E-state index contributed by atoms with van der Waals surface area (Å²) in [5.74, 6) is -6.27. The molecule has 0 unspecified atom stereocenters. The Balaban J connectivity index is 1.36. The van der Waals surface area contributed by atoms with E-state index in [2.05, 4.69) is 13.8 Å². The first-order chi connectivity index (χ1) is 26.2. The maximum atomic E-state index is 14.5. The number of amides is 1. The Morgan fingerprint density at radius 2 is 1.59 bits per heavy atom. The molecule has 56 heavy (non-hydrogen) atoms. The number of hydrogen-bond acceptors (Lipinski definition) is 11. The number of hydrogen-bond donors (Lipinski definition) is 4. The van der Waals surface area contributed by atoms with Gasteiger partial charge >= 0.3 is 12.1 Å². The SMILES string of the molecule is CC[C@@H](C(=O)[C@@H](C)[C@@H](O)[C@H](C)[C@@H]1O[C@@H]([C@@H](CC)C(=O)O)CC[C@@H]1C)[C@H]1O[C@]2(C=C[C@@H](OC(N)=O)[C@]3(CC[C@@](C)([C@H]4CC[C@](O)(CC)[C@H](C)O4)O3)O2)[C@H](C)C[C@@H]1C. The number of carbonyl (C=O) groups excluding carboxylic acids is 2. The summed E-state index contributed by atoms with van der Waals surface area (Å²) in [7, 11) is 0. The van der Waals surface area contributed by atoms with Crippen molar-refractivity contribution in [3.63, 3.8) is 0 Å². The van der Waals surface area contributed by atoms with Gasteiger partial charge in [0.25, 0.3) is 0 Å². The first-order valence-electron chi connectivity index (χ1n) is 21.4. The molecule has 0 radical (unpaired) electrons. The molecule has 320 valence electrons. The summed E-state index contributed by atoms with van der Waals surface area (Å²) in [6.07, 6.45) is 3.95. The predicted octanol–water partition coefficient (Wildman–Crippen LogP) is 6.29. The number of carbonyl (C=O) groups is 3. The fourth-order valence-corrected chi connectivity index (χ4v) is 10.7. The fraction of sp³-hybridized carbons (Fsp3) is 0.884. The molecule has 5 rings (SSSR count). The lowest BCUT2D eigenvalue weighted by atomic mass is 9.72. The molecule has 2 spiro atoms. The zero-order valence-electron chi connectivity index (χ0n) is 35.4. The minimum absolute atomic E-state index is 0.0347. The van der Waals surface area contributed by atoms with Crippen molar-refractivity contribution in [3.05, 3.63) is 12.2 Å². The van der Waals surface area contributed by atoms with E-state index in [9.17, 15) is 29.7 Å². The summed E-state index contributed by atoms with van der Waals surface area (Å²) >= 11 is 0. The van der Waals surface area contributed by atoms with Crippen LogP contribution in [-0.4, -0.2) is 98.7 Å². The topological polar surface area (TPSA) is 193 Å². The molecule has 5 aliphatic rings. The van der Waals surface area contributed by atoms with Gasteiger partial charge in [-0.2, -0.15) is 0 Å². The third-order valence-corrected chi connectivity index (χ3v) is 14.7. The van der Waals surface area contributed by atoms with Crippen molar-refractivity contribution in [2.24, 2.45) is 47.2 Å². The van der Waals surface area contributed by atoms with E-state index >= 15 is 0 Å². The third-order valence-electron chi connectivity index (χ3n) is 14.7. The maximum Gasteiger partial charge on any atom is 0.405 e. The molecule has 5 N–H and O–H groups in total. The van der Waals surface area contributed by atoms with Crippen molar-refractivity contribution in [2.45, 2.75) is 199 Å². The highest BCUT2D eigenvalue weighted by molar-refractivity contribution is 5.84. The Morgan fingerprint density at radius 1 is 0.911 bits per heavy atom. The standard InChI is InChI=1S/C43H71NO12/c1-11-29(38(47)48)31-15-14-23(4)36(52-31)27(8)34(45)26(7)35(46)30(12-2)37-24(5)22-25(6)42(54-37)19-17-33(53-39(44)49)43(56-42)21-20-40(10,55-43)32-16-18-41(50,13-3)28(9)51-32/h17,19,23-34,36-37,45,50H,11-16,18,20-22H2,1-10H3,(H2,44,49)(H,47,48)/t23-,24-,25+,26-,27-,28-,29+,30-,31+,32+,33+,34+,36+,37-,40-,41+,42-,43-/m0/s1. The second-order valence-electron chi connectivity index (χ2n) is 18.3. The molecule has 4 fully saturated rings. The molecule has 4 saturated heterocycles. The quantitative estimate of drug-likeness (QED) is 0.153. The summed E-state index contributed by atoms with van der Waals surface area (Å²) in [5, 5.41) is 32.7. The summed E-state index contributed by atoms with van der Waals surface area (Å²) in [4.78, 5) is 38.7. The van der Waals surface area contributed by atoms with Crippen molar-refractivity contribution in [1.82, 2.24) is 0 Å². The minimum Gasteiger partial charge on any atom is -0.481 e. The molecule has 0 aromatic carbocycles. The first kappa shape index (κ1) is 45.0. The Kier molecular flexibility index (Phi) is 13.8. The molecule has 18 atom stereocenters. The Bertz CT molecular complexity index is 1440. The van der Waals surface area contributed by atoms with Crippen LogP contribution in [0.4, 0.5) is 4.79 Å². The number of ether oxygens (including phenoxy) is 6. The molecule has 1 amide bonds. The third kappa shape index (κ3) is 8.47. The van der Waals surface area contributed by atoms with Crippen LogP contribution in [0.25, 0.3) is 0 Å². The molecular weight excluding hydrogens is 722 g/mol. The van der Waals surface area contributed by atoms with Crippen molar-refractivity contribution < 1.29 is 58.1 Å². The highest BCUT2D eigenvalue weighted by atomic mass is 16.8. The van der Waals surface area contributed by atoms with Gasteiger partial charge in [0.15, 0.2) is 11.9 Å². The van der Waals surface area contributed by atoms with Crippen LogP contribution >= 0.6 is 0 Å². The van der Waals surface area contributed by atoms with Gasteiger partial charge in [0.05, 0.1) is 53.7 Å². The number of aliphatic carboxylic acids is 1. The molecule has 13 heteroatoms. The molecule has 0 saturated carbocycles. The molecule has 0 bridgehead atoms. The highest BCUT2D eigenvalue weighted by Gasteiger charge is 2.64. The normalized spacial score (nSPS) is 44.2. The number of carboxylic acid groups (broad SMARTS) is 1. The van der Waals surface area contributed by atoms with Crippen LogP contribution < -0.4 is 5.73 Å². The number of aliphatic hydroxyl groups is 2. The van der Waals surface area contributed by atoms with E-state index in [1.807, 2.05) is 48.5 Å². The zero-order valence-corrected chi connectivity index (χ0v) is 35.4. The molecule has 0 aromatic heterocycles. The number of Topliss-reactive ketones (excluding diaryl/α,β-unsaturated/α-hetero) is 1. The van der Waals surface area contributed by atoms with Crippen molar-refractivity contribution in [2.75, 3.05) is 0 Å². The van der Waals surface area contributed by atoms with E-state index in [0.717, 1.165) is 6.42 Å². The maximum absolute atomic E-state index is 14.5. The van der Waals surface area contributed by atoms with Crippen molar-refractivity contribution in [3.8, 4) is 0 Å². The zero-order chi connectivity index (χ0) is 41.5. The van der Waals surface area contributed by atoms with Crippen LogP contribution in [0, 0.1) is 41.4 Å². The molecule has 0 aliphatic carbocycles. The van der Waals surface area contributed by atoms with Gasteiger partial charge in [-0.05, 0) is 95.6 Å². The van der Waals surface area contributed by atoms with Crippen LogP contribution in [-0.2, 0) is 38.0 Å². The molecular formula is C43H71NO12. The van der Waals surface area contributed by atoms with E-state index in [-0.39, 0.29) is 29.6 Å².